The molecule has 1 N–H and O–H groups in total. The Hall–Kier alpha value is -0.120. The van der Waals surface area contributed by atoms with Gasteiger partial charge in [-0.2, -0.15) is 0 Å². The van der Waals surface area contributed by atoms with Gasteiger partial charge >= 0.3 is 0 Å². The lowest BCUT2D eigenvalue weighted by atomic mass is 9.75. The highest BCUT2D eigenvalue weighted by Gasteiger charge is 2.31. The predicted molar refractivity (Wildman–Crippen MR) is 87.4 cm³/mol. The number of rotatable bonds is 6. The molecule has 0 spiro atoms. The van der Waals surface area contributed by atoms with E-state index in [2.05, 4.69) is 25.7 Å². The van der Waals surface area contributed by atoms with E-state index in [0.717, 1.165) is 25.6 Å². The van der Waals surface area contributed by atoms with Crippen LogP contribution in [0.15, 0.2) is 0 Å². The van der Waals surface area contributed by atoms with Gasteiger partial charge in [-0.15, -0.1) is 0 Å². The Balaban J connectivity index is 1.73. The predicted octanol–water partition coefficient (Wildman–Crippen LogP) is 3.31. The largest absolute Gasteiger partial charge is 0.389 e. The van der Waals surface area contributed by atoms with Gasteiger partial charge < -0.3 is 14.7 Å². The fraction of sp³-hybridized carbons (Fsp3) is 1.00. The van der Waals surface area contributed by atoms with Gasteiger partial charge in [-0.3, -0.25) is 0 Å². The quantitative estimate of drug-likeness (QED) is 0.816. The summed E-state index contributed by atoms with van der Waals surface area (Å²) in [6.45, 7) is 10.5. The van der Waals surface area contributed by atoms with Gasteiger partial charge in [-0.25, -0.2) is 0 Å². The smallest absolute Gasteiger partial charge is 0.0900 e. The van der Waals surface area contributed by atoms with E-state index in [1.165, 1.54) is 38.5 Å². The van der Waals surface area contributed by atoms with Gasteiger partial charge in [0.05, 0.1) is 18.8 Å². The average Bonchev–Trinajstić information content (AvgIpc) is 2.46. The van der Waals surface area contributed by atoms with Gasteiger partial charge in [-0.05, 0) is 56.5 Å². The lowest BCUT2D eigenvalue weighted by molar-refractivity contribution is -0.0744. The molecule has 1 aliphatic heterocycles. The summed E-state index contributed by atoms with van der Waals surface area (Å²) in [4.78, 5) is 2.39. The molecular formula is C18H35NO2. The Morgan fingerprint density at radius 1 is 1.14 bits per heavy atom. The maximum absolute atomic E-state index is 10.3. The molecule has 0 unspecified atom stereocenters. The molecule has 0 aromatic heterocycles. The lowest BCUT2D eigenvalue weighted by Gasteiger charge is -2.38. The number of ether oxygens (including phenoxy) is 1. The summed E-state index contributed by atoms with van der Waals surface area (Å²) < 4.78 is 6.15. The van der Waals surface area contributed by atoms with Crippen molar-refractivity contribution in [3.05, 3.63) is 0 Å². The average molecular weight is 297 g/mol. The van der Waals surface area contributed by atoms with Gasteiger partial charge in [0.2, 0.25) is 0 Å². The zero-order valence-corrected chi connectivity index (χ0v) is 14.3. The third-order valence-electron chi connectivity index (χ3n) is 5.38. The van der Waals surface area contributed by atoms with Crippen molar-refractivity contribution in [2.75, 3.05) is 26.2 Å². The molecule has 0 bridgehead atoms. The molecule has 4 atom stereocenters. The first-order chi connectivity index (χ1) is 10.1. The first-order valence-electron chi connectivity index (χ1n) is 9.08. The molecule has 2 fully saturated rings. The number of aliphatic hydroxyl groups excluding tert-OH is 1. The van der Waals surface area contributed by atoms with Crippen molar-refractivity contribution in [3.63, 3.8) is 0 Å². The molecule has 0 radical (unpaired) electrons. The second-order valence-corrected chi connectivity index (χ2v) is 7.71. The molecule has 1 saturated heterocycles. The number of hydrogen-bond acceptors (Lipinski definition) is 3. The maximum Gasteiger partial charge on any atom is 0.0900 e. The zero-order chi connectivity index (χ0) is 15.2. The fourth-order valence-electron chi connectivity index (χ4n) is 4.03. The Labute approximate surface area is 131 Å². The number of aliphatic hydroxyl groups is 1. The van der Waals surface area contributed by atoms with Crippen molar-refractivity contribution in [3.8, 4) is 0 Å². The molecule has 21 heavy (non-hydrogen) atoms. The van der Waals surface area contributed by atoms with E-state index in [1.807, 2.05) is 0 Å². The van der Waals surface area contributed by atoms with E-state index in [4.69, 9.17) is 4.74 Å². The molecule has 3 heteroatoms. The molecule has 0 aromatic carbocycles. The van der Waals surface area contributed by atoms with Crippen molar-refractivity contribution < 1.29 is 9.84 Å². The molecule has 1 heterocycles. The Morgan fingerprint density at radius 3 is 2.52 bits per heavy atom. The molecule has 0 amide bonds. The van der Waals surface area contributed by atoms with E-state index < -0.39 is 0 Å². The number of piperidine rings is 1. The highest BCUT2D eigenvalue weighted by atomic mass is 16.5. The topological polar surface area (TPSA) is 32.7 Å². The van der Waals surface area contributed by atoms with E-state index in [1.54, 1.807) is 0 Å². The van der Waals surface area contributed by atoms with Gasteiger partial charge in [0, 0.05) is 6.54 Å². The molecule has 2 aliphatic rings. The summed E-state index contributed by atoms with van der Waals surface area (Å²) in [5.41, 5.74) is 0. The van der Waals surface area contributed by atoms with E-state index >= 15 is 0 Å². The second-order valence-electron chi connectivity index (χ2n) is 7.71. The van der Waals surface area contributed by atoms with Crippen LogP contribution in [-0.2, 0) is 4.74 Å². The molecule has 0 aromatic rings. The van der Waals surface area contributed by atoms with E-state index in [9.17, 15) is 5.11 Å². The fourth-order valence-corrected chi connectivity index (χ4v) is 4.03. The van der Waals surface area contributed by atoms with Crippen LogP contribution in [0.5, 0.6) is 0 Å². The van der Waals surface area contributed by atoms with Crippen LogP contribution < -0.4 is 0 Å². The monoisotopic (exact) mass is 297 g/mol. The first kappa shape index (κ1) is 17.2. The first-order valence-corrected chi connectivity index (χ1v) is 9.08. The van der Waals surface area contributed by atoms with Crippen molar-refractivity contribution in [1.82, 2.24) is 4.90 Å². The number of nitrogens with zero attached hydrogens (tertiary/aromatic N) is 1. The lowest BCUT2D eigenvalue weighted by Crippen LogP contribution is -2.40. The van der Waals surface area contributed by atoms with Crippen LogP contribution in [0.2, 0.25) is 0 Å². The minimum absolute atomic E-state index is 0.326. The van der Waals surface area contributed by atoms with Crippen LogP contribution in [0.4, 0.5) is 0 Å². The molecule has 1 saturated carbocycles. The summed E-state index contributed by atoms with van der Waals surface area (Å²) in [7, 11) is 0. The summed E-state index contributed by atoms with van der Waals surface area (Å²) in [6.07, 6.45) is 7.72. The highest BCUT2D eigenvalue weighted by molar-refractivity contribution is 4.82. The van der Waals surface area contributed by atoms with E-state index in [0.29, 0.717) is 24.5 Å². The van der Waals surface area contributed by atoms with Crippen LogP contribution in [0.3, 0.4) is 0 Å². The second kappa shape index (κ2) is 8.50. The number of β-amino-alcohol motifs (C(OH)–C–C–N with tert-alkyl or cyclic N) is 1. The van der Waals surface area contributed by atoms with Crippen LogP contribution in [-0.4, -0.2) is 48.5 Å². The van der Waals surface area contributed by atoms with Gasteiger partial charge in [-0.1, -0.05) is 33.6 Å². The highest BCUT2D eigenvalue weighted by Crippen LogP contribution is 2.35. The summed E-state index contributed by atoms with van der Waals surface area (Å²) >= 11 is 0. The Kier molecular flexibility index (Phi) is 6.97. The SMILES string of the molecule is CC(C)[C@@H]1CC[C@@H](C)C[C@@H]1OC[C@@H](O)CN1CCCCC1. The third kappa shape index (κ3) is 5.54. The Bertz CT molecular complexity index is 289. The van der Waals surface area contributed by atoms with Crippen LogP contribution in [0.25, 0.3) is 0 Å². The van der Waals surface area contributed by atoms with E-state index in [-0.39, 0.29) is 6.10 Å². The van der Waals surface area contributed by atoms with Gasteiger partial charge in [0.25, 0.3) is 0 Å². The molecular weight excluding hydrogens is 262 g/mol. The van der Waals surface area contributed by atoms with Crippen molar-refractivity contribution in [2.45, 2.75) is 71.5 Å². The van der Waals surface area contributed by atoms with Crippen LogP contribution in [0.1, 0.15) is 59.3 Å². The summed E-state index contributed by atoms with van der Waals surface area (Å²) in [5, 5.41) is 10.3. The van der Waals surface area contributed by atoms with Crippen molar-refractivity contribution >= 4 is 0 Å². The molecule has 124 valence electrons. The number of hydrogen-bond donors (Lipinski definition) is 1. The van der Waals surface area contributed by atoms with Crippen LogP contribution in [0, 0.1) is 17.8 Å². The summed E-state index contributed by atoms with van der Waals surface area (Å²) in [6, 6.07) is 0. The zero-order valence-electron chi connectivity index (χ0n) is 14.3. The molecule has 2 rings (SSSR count). The van der Waals surface area contributed by atoms with Crippen molar-refractivity contribution in [2.24, 2.45) is 17.8 Å². The minimum atomic E-state index is -0.326. The van der Waals surface area contributed by atoms with Gasteiger partial charge in [0.1, 0.15) is 0 Å². The molecule has 1 aliphatic carbocycles. The third-order valence-corrected chi connectivity index (χ3v) is 5.38. The number of likely N-dealkylation sites (tertiary alicyclic amines) is 1. The van der Waals surface area contributed by atoms with Gasteiger partial charge in [0.15, 0.2) is 0 Å². The standard InChI is InChI=1S/C18H35NO2/c1-14(2)17-8-7-15(3)11-18(17)21-13-16(20)12-19-9-5-4-6-10-19/h14-18,20H,4-13H2,1-3H3/t15-,16+,17+,18+/m1/s1. The molecule has 3 nitrogen and oxygen atoms in total. The normalized spacial score (nSPS) is 33.3. The maximum atomic E-state index is 10.3. The summed E-state index contributed by atoms with van der Waals surface area (Å²) in [5.74, 6) is 2.12. The van der Waals surface area contributed by atoms with Crippen molar-refractivity contribution in [1.29, 1.82) is 0 Å². The Morgan fingerprint density at radius 2 is 1.86 bits per heavy atom. The minimum Gasteiger partial charge on any atom is -0.389 e. The van der Waals surface area contributed by atoms with Crippen LogP contribution >= 0.6 is 0 Å².